The molecule has 0 heterocycles. The summed E-state index contributed by atoms with van der Waals surface area (Å²) in [6.45, 7) is 4.57. The minimum absolute atomic E-state index is 0.0604. The van der Waals surface area contributed by atoms with E-state index in [9.17, 15) is 14.3 Å². The molecule has 0 amide bonds. The highest BCUT2D eigenvalue weighted by Crippen LogP contribution is 2.44. The number of carboxylic acids is 1. The summed E-state index contributed by atoms with van der Waals surface area (Å²) in [4.78, 5) is 22.9. The van der Waals surface area contributed by atoms with Crippen LogP contribution in [0.4, 0.5) is 0 Å². The molecule has 0 radical (unpaired) electrons. The average Bonchev–Trinajstić information content (AvgIpc) is 2.19. The molecule has 0 saturated carbocycles. The summed E-state index contributed by atoms with van der Waals surface area (Å²) in [7, 11) is 0.516. The molecule has 0 rings (SSSR count). The Hall–Kier alpha value is -0.640. The van der Waals surface area contributed by atoms with Crippen molar-refractivity contribution in [3.63, 3.8) is 0 Å². The van der Waals surface area contributed by atoms with Crippen LogP contribution in [0.15, 0.2) is 11.6 Å². The van der Waals surface area contributed by atoms with Gasteiger partial charge in [0.05, 0.1) is 6.16 Å². The Balaban J connectivity index is 4.53. The third-order valence-electron chi connectivity index (χ3n) is 2.54. The highest BCUT2D eigenvalue weighted by atomic mass is 31.2. The van der Waals surface area contributed by atoms with Crippen LogP contribution in [-0.2, 0) is 9.36 Å². The number of carbonyl (C=O) groups is 1. The molecular formula is C13H26NO4P. The molecule has 6 heteroatoms. The first-order valence-electron chi connectivity index (χ1n) is 6.52. The van der Waals surface area contributed by atoms with Gasteiger partial charge in [-0.3, -0.25) is 4.57 Å². The van der Waals surface area contributed by atoms with Gasteiger partial charge in [0.1, 0.15) is 0 Å². The van der Waals surface area contributed by atoms with Crippen molar-refractivity contribution < 1.29 is 19.4 Å². The molecule has 2 N–H and O–H groups in total. The largest absolute Gasteiger partial charge is 0.478 e. The zero-order valence-corrected chi connectivity index (χ0v) is 13.2. The van der Waals surface area contributed by atoms with Gasteiger partial charge in [0.25, 0.3) is 0 Å². The lowest BCUT2D eigenvalue weighted by atomic mass is 10.2. The fourth-order valence-electron chi connectivity index (χ4n) is 1.80. The second kappa shape index (κ2) is 8.51. The van der Waals surface area contributed by atoms with E-state index in [0.29, 0.717) is 6.42 Å². The molecule has 112 valence electrons. The van der Waals surface area contributed by atoms with Gasteiger partial charge in [0, 0.05) is 11.7 Å². The number of hydrogen-bond acceptors (Lipinski definition) is 3. The van der Waals surface area contributed by atoms with Crippen molar-refractivity contribution in [2.24, 2.45) is 5.92 Å². The van der Waals surface area contributed by atoms with E-state index in [1.54, 1.807) is 6.08 Å². The van der Waals surface area contributed by atoms with Crippen LogP contribution in [0.1, 0.15) is 26.7 Å². The van der Waals surface area contributed by atoms with Crippen molar-refractivity contribution in [1.82, 2.24) is 4.90 Å². The zero-order valence-electron chi connectivity index (χ0n) is 12.3. The molecule has 0 fully saturated rings. The van der Waals surface area contributed by atoms with Crippen LogP contribution in [0.2, 0.25) is 0 Å². The van der Waals surface area contributed by atoms with E-state index >= 15 is 0 Å². The van der Waals surface area contributed by atoms with E-state index in [-0.39, 0.29) is 23.8 Å². The van der Waals surface area contributed by atoms with Crippen LogP contribution in [0.5, 0.6) is 0 Å². The third kappa shape index (κ3) is 9.88. The molecule has 0 aromatic carbocycles. The molecule has 0 spiro atoms. The number of hydrogen-bond donors (Lipinski definition) is 2. The highest BCUT2D eigenvalue weighted by molar-refractivity contribution is 7.58. The maximum atomic E-state index is 11.9. The lowest BCUT2D eigenvalue weighted by Crippen LogP contribution is -2.13. The Labute approximate surface area is 115 Å². The Morgan fingerprint density at radius 3 is 2.37 bits per heavy atom. The number of carboxylic acid groups (broad SMARTS) is 1. The van der Waals surface area contributed by atoms with E-state index in [1.807, 2.05) is 32.8 Å². The monoisotopic (exact) mass is 291 g/mol. The van der Waals surface area contributed by atoms with Gasteiger partial charge in [0.15, 0.2) is 0 Å². The van der Waals surface area contributed by atoms with E-state index in [2.05, 4.69) is 0 Å². The molecule has 19 heavy (non-hydrogen) atoms. The van der Waals surface area contributed by atoms with Crippen molar-refractivity contribution in [2.45, 2.75) is 26.7 Å². The molecule has 1 atom stereocenters. The Morgan fingerprint density at radius 2 is 1.95 bits per heavy atom. The topological polar surface area (TPSA) is 77.8 Å². The zero-order chi connectivity index (χ0) is 15.1. The lowest BCUT2D eigenvalue weighted by Gasteiger charge is -2.14. The maximum absolute atomic E-state index is 11.9. The summed E-state index contributed by atoms with van der Waals surface area (Å²) in [5.74, 6) is -1.01. The smallest absolute Gasteiger partial charge is 0.331 e. The molecule has 5 nitrogen and oxygen atoms in total. The minimum Gasteiger partial charge on any atom is -0.478 e. The van der Waals surface area contributed by atoms with E-state index < -0.39 is 13.3 Å². The van der Waals surface area contributed by atoms with Crippen molar-refractivity contribution in [3.8, 4) is 0 Å². The molecule has 0 aliphatic carbocycles. The Bertz CT molecular complexity index is 364. The number of nitrogens with zero attached hydrogens (tertiary/aromatic N) is 1. The fraction of sp³-hybridized carbons (Fsp3) is 0.769. The predicted octanol–water partition coefficient (Wildman–Crippen LogP) is 2.27. The average molecular weight is 291 g/mol. The summed E-state index contributed by atoms with van der Waals surface area (Å²) in [5, 5.41) is 9.07. The van der Waals surface area contributed by atoms with Gasteiger partial charge in [-0.1, -0.05) is 19.9 Å². The van der Waals surface area contributed by atoms with Gasteiger partial charge in [-0.15, -0.1) is 0 Å². The third-order valence-corrected chi connectivity index (χ3v) is 4.68. The van der Waals surface area contributed by atoms with Gasteiger partial charge < -0.3 is 14.9 Å². The minimum atomic E-state index is -3.39. The maximum Gasteiger partial charge on any atom is 0.331 e. The molecule has 1 unspecified atom stereocenters. The summed E-state index contributed by atoms with van der Waals surface area (Å²) in [6.07, 6.45) is 2.96. The number of unbranched alkanes of at least 4 members (excludes halogenated alkanes) is 1. The Kier molecular flexibility index (Phi) is 8.23. The molecule has 0 aliphatic heterocycles. The van der Waals surface area contributed by atoms with E-state index in [0.717, 1.165) is 13.0 Å². The molecular weight excluding hydrogens is 265 g/mol. The highest BCUT2D eigenvalue weighted by Gasteiger charge is 2.24. The lowest BCUT2D eigenvalue weighted by molar-refractivity contribution is -0.132. The fourth-order valence-corrected chi connectivity index (χ4v) is 3.87. The summed E-state index contributed by atoms with van der Waals surface area (Å²) < 4.78 is 11.9. The Morgan fingerprint density at radius 1 is 1.37 bits per heavy atom. The van der Waals surface area contributed by atoms with Gasteiger partial charge in [-0.25, -0.2) is 4.79 Å². The standard InChI is InChI=1S/C13H26NO4P/c1-11(2)9-19(17,18)10-12(13(15)16)7-5-6-8-14(3)4/h7,11H,5-6,8-10H2,1-4H3,(H,15,16)(H,17,18)/b12-7+. The van der Waals surface area contributed by atoms with Crippen molar-refractivity contribution in [3.05, 3.63) is 11.6 Å². The summed E-state index contributed by atoms with van der Waals surface area (Å²) in [6, 6.07) is 0. The molecule has 0 saturated heterocycles. The van der Waals surface area contributed by atoms with Crippen LogP contribution < -0.4 is 0 Å². The van der Waals surface area contributed by atoms with Crippen molar-refractivity contribution in [2.75, 3.05) is 33.0 Å². The number of aliphatic carboxylic acids is 1. The van der Waals surface area contributed by atoms with Crippen LogP contribution >= 0.6 is 7.37 Å². The summed E-state index contributed by atoms with van der Waals surface area (Å²) >= 11 is 0. The van der Waals surface area contributed by atoms with Crippen LogP contribution in [0, 0.1) is 5.92 Å². The molecule has 0 bridgehead atoms. The first kappa shape index (κ1) is 18.4. The predicted molar refractivity (Wildman–Crippen MR) is 77.9 cm³/mol. The van der Waals surface area contributed by atoms with Crippen LogP contribution in [-0.4, -0.2) is 53.8 Å². The second-order valence-electron chi connectivity index (χ2n) is 5.56. The molecule has 0 aromatic heterocycles. The van der Waals surface area contributed by atoms with Gasteiger partial charge in [-0.05, 0) is 39.4 Å². The molecule has 0 aromatic rings. The van der Waals surface area contributed by atoms with Crippen LogP contribution in [0.3, 0.4) is 0 Å². The summed E-state index contributed by atoms with van der Waals surface area (Å²) in [5.41, 5.74) is 0.0604. The SMILES string of the molecule is CC(C)CP(=O)(O)C/C(=C\CCCN(C)C)C(=O)O. The van der Waals surface area contributed by atoms with Crippen LogP contribution in [0.25, 0.3) is 0 Å². The normalized spacial score (nSPS) is 15.8. The first-order chi connectivity index (χ1) is 8.64. The first-order valence-corrected chi connectivity index (χ1v) is 8.55. The van der Waals surface area contributed by atoms with Gasteiger partial charge in [0.2, 0.25) is 7.37 Å². The van der Waals surface area contributed by atoms with E-state index in [4.69, 9.17) is 5.11 Å². The van der Waals surface area contributed by atoms with E-state index in [1.165, 1.54) is 0 Å². The molecule has 0 aliphatic rings. The van der Waals surface area contributed by atoms with Crippen molar-refractivity contribution in [1.29, 1.82) is 0 Å². The quantitative estimate of drug-likeness (QED) is 0.387. The van der Waals surface area contributed by atoms with Gasteiger partial charge >= 0.3 is 5.97 Å². The number of rotatable bonds is 9. The van der Waals surface area contributed by atoms with Crippen molar-refractivity contribution >= 4 is 13.3 Å². The second-order valence-corrected chi connectivity index (χ2v) is 7.93. The van der Waals surface area contributed by atoms with Gasteiger partial charge in [-0.2, -0.15) is 0 Å². The number of allylic oxidation sites excluding steroid dienone is 1.